The molecule has 0 radical (unpaired) electrons. The van der Waals surface area contributed by atoms with Crippen molar-refractivity contribution in [2.75, 3.05) is 82.5 Å². The van der Waals surface area contributed by atoms with E-state index >= 15 is 0 Å². The van der Waals surface area contributed by atoms with E-state index in [-0.39, 0.29) is 68.7 Å². The number of amides is 1. The van der Waals surface area contributed by atoms with Crippen molar-refractivity contribution in [1.82, 2.24) is 0 Å². The molecule has 21 heterocycles. The number of carbonyl (C=O) groups is 4. The minimum atomic E-state index is -2.31. The summed E-state index contributed by atoms with van der Waals surface area (Å²) in [5.41, 5.74) is 5.59. The molecule has 21 aliphatic heterocycles. The molecule has 103 heavy (non-hydrogen) atoms. The number of hydrogen-bond donors (Lipinski definition) is 21. The molecule has 43 heteroatoms. The Hall–Kier alpha value is -2.42. The van der Waals surface area contributed by atoms with Gasteiger partial charge in [-0.1, -0.05) is 6.92 Å². The highest BCUT2D eigenvalue weighted by Crippen LogP contribution is 2.40. The second-order valence-corrected chi connectivity index (χ2v) is 28.2. The average molecular weight is 1540 g/mol. The van der Waals surface area contributed by atoms with Crippen LogP contribution in [0.3, 0.4) is 0 Å². The number of carbonyl (C=O) groups excluding carboxylic acids is 3. The fourth-order valence-corrected chi connectivity index (χ4v) is 15.3. The molecule has 37 atom stereocenters. The number of nitrogens with two attached hydrogens (primary N) is 1. The quantitative estimate of drug-likeness (QED) is 0.0340. The first-order chi connectivity index (χ1) is 49.0. The van der Waals surface area contributed by atoms with Crippen LogP contribution in [0, 0.1) is 11.8 Å². The summed E-state index contributed by atoms with van der Waals surface area (Å²) in [5, 5.41) is 227. The first-order valence-electron chi connectivity index (χ1n) is 33.6. The zero-order valence-corrected chi connectivity index (χ0v) is 57.5. The molecular formula is C60H99NO40S2. The van der Waals surface area contributed by atoms with Gasteiger partial charge in [0.2, 0.25) is 5.91 Å². The standard InChI is InChI=1S/C60H99NO40S2/c1-3-21(52(61)83)16-102-18-29-50-36(74)43(81)59(93-29)98-48-27(14-65)89-55(39(77)32(48)70)95-45-24(11-62)88-54(38(76)31(45)69)96-46-26(13-64)92-58(42(80)35(46)73)101-51-30(19-103-17-22(53(84)85)10-23(68)5-7-87-9-8-86-6-4-20(2)67)94-60(44(82)37(51)75)99-49-28(15-66)90-56(40(78)33(49)71)97-47-25(12-63)91-57(100-50)41(79)34(47)72/h21-22,24-51,54-60,62-66,69-82H,3-19H2,1-2H3,(H2,61,83)(H,84,85)/t21?,22?,24?,25?,26?,27?,28?,29?,30?,31-,32-,33-,34-,35-,36-,37-,38?,39?,40?,41?,42?,43?,44?,45-,46-,47-,48-,49-,50-,51-,54-,55-,56-,57-,58-,59-,60-/m1/s1. The van der Waals surface area contributed by atoms with Crippen molar-refractivity contribution in [1.29, 1.82) is 0 Å². The lowest BCUT2D eigenvalue weighted by atomic mass is 9.95. The van der Waals surface area contributed by atoms with Crippen LogP contribution in [0.5, 0.6) is 0 Å². The van der Waals surface area contributed by atoms with Gasteiger partial charge in [-0.3, -0.25) is 19.2 Å². The minimum Gasteiger partial charge on any atom is -0.481 e. The number of primary amides is 1. The molecular weight excluding hydrogens is 1440 g/mol. The molecule has 14 bridgehead atoms. The van der Waals surface area contributed by atoms with E-state index in [9.17, 15) is 121 Å². The lowest BCUT2D eigenvalue weighted by molar-refractivity contribution is -0.395. The maximum absolute atomic E-state index is 13.0. The number of ketones is 2. The molecule has 1 amide bonds. The van der Waals surface area contributed by atoms with Crippen LogP contribution in [0.2, 0.25) is 0 Å². The van der Waals surface area contributed by atoms with Gasteiger partial charge in [0.05, 0.1) is 77.6 Å². The summed E-state index contributed by atoms with van der Waals surface area (Å²) in [4.78, 5) is 49.0. The zero-order chi connectivity index (χ0) is 75.4. The molecule has 596 valence electrons. The van der Waals surface area contributed by atoms with Crippen LogP contribution in [0.4, 0.5) is 0 Å². The fraction of sp³-hybridized carbons (Fsp3) is 0.933. The Labute approximate surface area is 596 Å². The topological polar surface area (TPSA) is 647 Å². The molecule has 21 rings (SSSR count). The fourth-order valence-electron chi connectivity index (χ4n) is 12.8. The van der Waals surface area contributed by atoms with Crippen molar-refractivity contribution in [3.63, 3.8) is 0 Å². The van der Waals surface area contributed by atoms with E-state index in [4.69, 9.17) is 81.5 Å². The molecule has 16 unspecified atom stereocenters. The van der Waals surface area contributed by atoms with E-state index in [0.29, 0.717) is 0 Å². The number of thioether (sulfide) groups is 2. The van der Waals surface area contributed by atoms with E-state index in [1.165, 1.54) is 6.92 Å². The van der Waals surface area contributed by atoms with Gasteiger partial charge < -0.3 is 184 Å². The lowest BCUT2D eigenvalue weighted by Gasteiger charge is -2.50. The first-order valence-corrected chi connectivity index (χ1v) is 35.9. The number of aliphatic hydroxyl groups is 19. The van der Waals surface area contributed by atoms with E-state index in [1.807, 2.05) is 0 Å². The first kappa shape index (κ1) is 86.2. The maximum atomic E-state index is 13.0. The van der Waals surface area contributed by atoms with Gasteiger partial charge in [-0.2, -0.15) is 23.5 Å². The molecule has 0 aromatic rings. The van der Waals surface area contributed by atoms with Crippen molar-refractivity contribution in [2.45, 2.75) is 254 Å². The molecule has 0 saturated carbocycles. The highest BCUT2D eigenvalue weighted by Gasteiger charge is 2.60. The predicted octanol–water partition coefficient (Wildman–Crippen LogP) is -12.2. The SMILES string of the molecule is CCC(CSCC1O[C@@H]2O[C@@H]3C(CO)O[C@H](O[C@@H]4C(CO)O[C@H](O[C@@H]5C(CO)O[C@H](O[C@@H]6C(CSCC(CC(=O)CCOCCOCCC(C)=O)C(=O)O)O[C@H](O[C@@H]7C(CO)O[C@H](O[C@@H]8C(CO)O[C@H](O[C@H]1[C@H](O)C2O)C(O)[C@H]8O)C(O)[C@H]7O)C(O)[C@H]6O)C(O)[C@H]5O)C(O)[C@H]4O)C(O)[C@H]3O)C(N)=O. The number of Topliss-reactive ketones (excluding diaryl/α,β-unsaturated/α-hetero) is 2. The molecule has 21 fully saturated rings. The van der Waals surface area contributed by atoms with Gasteiger partial charge in [0.15, 0.2) is 44.0 Å². The van der Waals surface area contributed by atoms with Crippen LogP contribution >= 0.6 is 23.5 Å². The summed E-state index contributed by atoms with van der Waals surface area (Å²) in [6.45, 7) is -2.15. The summed E-state index contributed by atoms with van der Waals surface area (Å²) in [7, 11) is 0. The van der Waals surface area contributed by atoms with Crippen molar-refractivity contribution in [3.8, 4) is 0 Å². The Morgan fingerprint density at radius 3 is 0.835 bits per heavy atom. The molecule has 21 saturated heterocycles. The van der Waals surface area contributed by atoms with Crippen LogP contribution in [0.25, 0.3) is 0 Å². The third-order valence-electron chi connectivity index (χ3n) is 18.8. The number of rotatable bonds is 27. The number of hydrogen-bond acceptors (Lipinski definition) is 41. The lowest BCUT2D eigenvalue weighted by Crippen LogP contribution is -2.68. The molecule has 0 aromatic carbocycles. The maximum Gasteiger partial charge on any atom is 0.307 e. The predicted molar refractivity (Wildman–Crippen MR) is 334 cm³/mol. The van der Waals surface area contributed by atoms with Crippen molar-refractivity contribution >= 4 is 47.0 Å². The van der Waals surface area contributed by atoms with Crippen LogP contribution < -0.4 is 5.73 Å². The number of carboxylic acid groups (broad SMARTS) is 1. The molecule has 22 N–H and O–H groups in total. The summed E-state index contributed by atoms with van der Waals surface area (Å²) < 4.78 is 93.6. The highest BCUT2D eigenvalue weighted by atomic mass is 32.2. The highest BCUT2D eigenvalue weighted by molar-refractivity contribution is 7.99. The van der Waals surface area contributed by atoms with Gasteiger partial charge in [-0.25, -0.2) is 0 Å². The van der Waals surface area contributed by atoms with Gasteiger partial charge in [0.25, 0.3) is 0 Å². The van der Waals surface area contributed by atoms with Gasteiger partial charge in [-0.05, 0) is 13.3 Å². The normalized spacial score (nSPS) is 44.9. The third kappa shape index (κ3) is 21.0. The number of aliphatic carboxylic acids is 1. The van der Waals surface area contributed by atoms with E-state index < -0.39 is 290 Å². The van der Waals surface area contributed by atoms with E-state index in [2.05, 4.69) is 0 Å². The summed E-state index contributed by atoms with van der Waals surface area (Å²) in [6.07, 6.45) is -72.2. The van der Waals surface area contributed by atoms with Crippen LogP contribution in [0.15, 0.2) is 0 Å². The molecule has 0 aliphatic carbocycles. The molecule has 41 nitrogen and oxygen atoms in total. The second kappa shape index (κ2) is 40.0. The molecule has 0 aromatic heterocycles. The number of aliphatic hydroxyl groups excluding tert-OH is 19. The van der Waals surface area contributed by atoms with Gasteiger partial charge in [0, 0.05) is 48.2 Å². The average Bonchev–Trinajstić information content (AvgIpc) is 0.785. The van der Waals surface area contributed by atoms with E-state index in [1.54, 1.807) is 6.92 Å². The Morgan fingerprint density at radius 2 is 0.602 bits per heavy atom. The molecule has 21 aliphatic rings. The van der Waals surface area contributed by atoms with Crippen LogP contribution in [-0.4, -0.2) is 423 Å². The summed E-state index contributed by atoms with van der Waals surface area (Å²) in [5.74, 6) is -5.83. The number of carboxylic acids is 1. The van der Waals surface area contributed by atoms with Crippen LogP contribution in [-0.2, 0) is 95.0 Å². The van der Waals surface area contributed by atoms with Gasteiger partial charge >= 0.3 is 5.97 Å². The van der Waals surface area contributed by atoms with Crippen LogP contribution in [0.1, 0.15) is 39.5 Å². The Kier molecular flexibility index (Phi) is 33.5. The number of ether oxygens (including phenoxy) is 16. The monoisotopic (exact) mass is 1540 g/mol. The van der Waals surface area contributed by atoms with Crippen molar-refractivity contribution in [2.24, 2.45) is 17.6 Å². The summed E-state index contributed by atoms with van der Waals surface area (Å²) >= 11 is 1.81. The Bertz CT molecular complexity index is 2610. The van der Waals surface area contributed by atoms with Gasteiger partial charge in [-0.15, -0.1) is 0 Å². The van der Waals surface area contributed by atoms with Crippen molar-refractivity contribution < 1.29 is 197 Å². The Morgan fingerprint density at radius 1 is 0.359 bits per heavy atom. The zero-order valence-electron chi connectivity index (χ0n) is 55.9. The Balaban J connectivity index is 1.08. The second-order valence-electron chi connectivity index (χ2n) is 26.1. The molecule has 0 spiro atoms. The van der Waals surface area contributed by atoms with Gasteiger partial charge in [0.1, 0.15) is 170 Å². The van der Waals surface area contributed by atoms with E-state index in [0.717, 1.165) is 23.5 Å². The largest absolute Gasteiger partial charge is 0.481 e. The third-order valence-corrected chi connectivity index (χ3v) is 21.2. The smallest absolute Gasteiger partial charge is 0.307 e. The summed E-state index contributed by atoms with van der Waals surface area (Å²) in [6, 6.07) is 0. The van der Waals surface area contributed by atoms with Crippen molar-refractivity contribution in [3.05, 3.63) is 0 Å². The minimum absolute atomic E-state index is 0.0388.